The van der Waals surface area contributed by atoms with E-state index in [0.29, 0.717) is 25.1 Å². The van der Waals surface area contributed by atoms with Crippen LogP contribution in [-0.4, -0.2) is 38.8 Å². The fourth-order valence-corrected chi connectivity index (χ4v) is 5.83. The summed E-state index contributed by atoms with van der Waals surface area (Å²) in [6.07, 6.45) is 2.90. The minimum absolute atomic E-state index is 0.101. The Morgan fingerprint density at radius 3 is 2.45 bits per heavy atom. The van der Waals surface area contributed by atoms with E-state index in [1.807, 2.05) is 18.2 Å². The van der Waals surface area contributed by atoms with Gasteiger partial charge in [-0.3, -0.25) is 4.79 Å². The Balaban J connectivity index is 1.79. The number of hydrogen-bond acceptors (Lipinski definition) is 4. The van der Waals surface area contributed by atoms with E-state index in [1.165, 1.54) is 29.6 Å². The third-order valence-electron chi connectivity index (χ3n) is 5.76. The van der Waals surface area contributed by atoms with Crippen molar-refractivity contribution < 1.29 is 17.9 Å². The van der Waals surface area contributed by atoms with Gasteiger partial charge in [-0.25, -0.2) is 8.42 Å². The molecule has 0 saturated carbocycles. The number of aryl methyl sites for hydroxylation is 2. The lowest BCUT2D eigenvalue weighted by atomic mass is 9.97. The molecule has 0 aliphatic carbocycles. The number of piperidine rings is 1. The van der Waals surface area contributed by atoms with Crippen LogP contribution in [0.2, 0.25) is 5.02 Å². The number of ether oxygens (including phenoxy) is 1. The van der Waals surface area contributed by atoms with Crippen molar-refractivity contribution in [2.45, 2.75) is 44.4 Å². The first kappa shape index (κ1) is 23.6. The molecule has 0 radical (unpaired) electrons. The van der Waals surface area contributed by atoms with Gasteiger partial charge in [-0.15, -0.1) is 0 Å². The van der Waals surface area contributed by atoms with Gasteiger partial charge in [0.2, 0.25) is 15.9 Å². The number of hydrogen-bond donors (Lipinski definition) is 1. The van der Waals surface area contributed by atoms with Crippen LogP contribution in [0.5, 0.6) is 5.75 Å². The van der Waals surface area contributed by atoms with Crippen LogP contribution in [0.15, 0.2) is 41.3 Å². The molecule has 0 aromatic heterocycles. The Kier molecular flexibility index (Phi) is 7.62. The molecular weight excluding hydrogens is 436 g/mol. The maximum Gasteiger partial charge on any atom is 0.243 e. The molecule has 1 saturated heterocycles. The monoisotopic (exact) mass is 464 g/mol. The molecule has 31 heavy (non-hydrogen) atoms. The zero-order valence-electron chi connectivity index (χ0n) is 18.2. The summed E-state index contributed by atoms with van der Waals surface area (Å²) in [7, 11) is -2.29. The number of anilines is 1. The molecule has 1 atom stereocenters. The predicted molar refractivity (Wildman–Crippen MR) is 123 cm³/mol. The van der Waals surface area contributed by atoms with E-state index in [1.54, 1.807) is 0 Å². The lowest BCUT2D eigenvalue weighted by molar-refractivity contribution is -0.120. The molecule has 2 aromatic carbocycles. The summed E-state index contributed by atoms with van der Waals surface area (Å²) in [6, 6.07) is 10.4. The molecule has 0 bridgehead atoms. The Labute approximate surface area is 189 Å². The maximum absolute atomic E-state index is 13.2. The van der Waals surface area contributed by atoms with Crippen molar-refractivity contribution in [2.75, 3.05) is 25.5 Å². The van der Waals surface area contributed by atoms with Gasteiger partial charge in [0.05, 0.1) is 22.9 Å². The first-order valence-corrected chi connectivity index (χ1v) is 12.4. The van der Waals surface area contributed by atoms with Gasteiger partial charge in [-0.1, -0.05) is 43.6 Å². The number of carbonyl (C=O) groups is 1. The number of halogens is 1. The fourth-order valence-electron chi connectivity index (χ4n) is 3.96. The number of carbonyl (C=O) groups excluding carboxylic acids is 1. The Bertz CT molecular complexity index is 1030. The SMILES string of the molecule is CCc1cccc(CC)c1NC(=O)C1CCCN(S(=O)(=O)c2ccc(OC)c(Cl)c2)C1. The average molecular weight is 465 g/mol. The summed E-state index contributed by atoms with van der Waals surface area (Å²) >= 11 is 6.13. The maximum atomic E-state index is 13.2. The fraction of sp³-hybridized carbons (Fsp3) is 0.435. The molecule has 1 heterocycles. The quantitative estimate of drug-likeness (QED) is 0.654. The van der Waals surface area contributed by atoms with Crippen LogP contribution in [0.1, 0.15) is 37.8 Å². The molecule has 0 spiro atoms. The van der Waals surface area contributed by atoms with Gasteiger partial charge in [-0.05, 0) is 55.0 Å². The number of methoxy groups -OCH3 is 1. The predicted octanol–water partition coefficient (Wildman–Crippen LogP) is 4.51. The first-order valence-electron chi connectivity index (χ1n) is 10.6. The smallest absolute Gasteiger partial charge is 0.243 e. The van der Waals surface area contributed by atoms with Crippen LogP contribution in [0, 0.1) is 5.92 Å². The second-order valence-electron chi connectivity index (χ2n) is 7.65. The molecule has 2 aromatic rings. The Morgan fingerprint density at radius 1 is 1.19 bits per heavy atom. The van der Waals surface area contributed by atoms with Crippen LogP contribution in [0.25, 0.3) is 0 Å². The van der Waals surface area contributed by atoms with Gasteiger partial charge < -0.3 is 10.1 Å². The largest absolute Gasteiger partial charge is 0.495 e. The molecular formula is C23H29ClN2O4S. The van der Waals surface area contributed by atoms with Crippen molar-refractivity contribution in [3.8, 4) is 5.75 Å². The third-order valence-corrected chi connectivity index (χ3v) is 7.92. The molecule has 1 amide bonds. The van der Waals surface area contributed by atoms with Crippen LogP contribution < -0.4 is 10.1 Å². The summed E-state index contributed by atoms with van der Waals surface area (Å²) in [4.78, 5) is 13.2. The summed E-state index contributed by atoms with van der Waals surface area (Å²) in [5.74, 6) is -0.132. The number of nitrogens with one attached hydrogen (secondary N) is 1. The topological polar surface area (TPSA) is 75.7 Å². The Hall–Kier alpha value is -2.09. The van der Waals surface area contributed by atoms with Crippen molar-refractivity contribution >= 4 is 33.2 Å². The molecule has 3 rings (SSSR count). The third kappa shape index (κ3) is 5.05. The molecule has 1 unspecified atom stereocenters. The van der Waals surface area contributed by atoms with Crippen molar-refractivity contribution in [3.63, 3.8) is 0 Å². The molecule has 1 aliphatic heterocycles. The van der Waals surface area contributed by atoms with Crippen molar-refractivity contribution in [2.24, 2.45) is 5.92 Å². The van der Waals surface area contributed by atoms with Gasteiger partial charge >= 0.3 is 0 Å². The minimum Gasteiger partial charge on any atom is -0.495 e. The van der Waals surface area contributed by atoms with E-state index in [-0.39, 0.29) is 22.4 Å². The number of para-hydroxylation sites is 1. The van der Waals surface area contributed by atoms with Crippen LogP contribution in [0.4, 0.5) is 5.69 Å². The zero-order valence-corrected chi connectivity index (χ0v) is 19.7. The number of nitrogens with zero attached hydrogens (tertiary/aromatic N) is 1. The van der Waals surface area contributed by atoms with Gasteiger partial charge in [0.25, 0.3) is 0 Å². The van der Waals surface area contributed by atoms with Gasteiger partial charge in [-0.2, -0.15) is 4.31 Å². The van der Waals surface area contributed by atoms with E-state index in [0.717, 1.165) is 29.7 Å². The second kappa shape index (κ2) is 10.0. The number of amides is 1. The van der Waals surface area contributed by atoms with E-state index in [9.17, 15) is 13.2 Å². The molecule has 1 N–H and O–H groups in total. The molecule has 1 fully saturated rings. The van der Waals surface area contributed by atoms with E-state index < -0.39 is 15.9 Å². The first-order chi connectivity index (χ1) is 14.8. The zero-order chi connectivity index (χ0) is 22.6. The number of rotatable bonds is 7. The summed E-state index contributed by atoms with van der Waals surface area (Å²) in [5, 5.41) is 3.32. The molecule has 1 aliphatic rings. The minimum atomic E-state index is -3.76. The lowest BCUT2D eigenvalue weighted by Crippen LogP contribution is -2.43. The Morgan fingerprint density at radius 2 is 1.87 bits per heavy atom. The lowest BCUT2D eigenvalue weighted by Gasteiger charge is -2.31. The molecule has 6 nitrogen and oxygen atoms in total. The summed E-state index contributed by atoms with van der Waals surface area (Å²) in [6.45, 7) is 4.63. The average Bonchev–Trinajstić information content (AvgIpc) is 2.79. The van der Waals surface area contributed by atoms with Crippen molar-refractivity contribution in [1.82, 2.24) is 4.31 Å². The van der Waals surface area contributed by atoms with E-state index in [4.69, 9.17) is 16.3 Å². The summed E-state index contributed by atoms with van der Waals surface area (Å²) in [5.41, 5.74) is 3.03. The summed E-state index contributed by atoms with van der Waals surface area (Å²) < 4.78 is 32.8. The van der Waals surface area contributed by atoms with Gasteiger partial charge in [0.1, 0.15) is 5.75 Å². The highest BCUT2D eigenvalue weighted by Gasteiger charge is 2.34. The van der Waals surface area contributed by atoms with Crippen molar-refractivity contribution in [3.05, 3.63) is 52.5 Å². The van der Waals surface area contributed by atoms with Crippen LogP contribution >= 0.6 is 11.6 Å². The molecule has 168 valence electrons. The highest BCUT2D eigenvalue weighted by atomic mass is 35.5. The normalized spacial score (nSPS) is 17.4. The van der Waals surface area contributed by atoms with Crippen LogP contribution in [-0.2, 0) is 27.7 Å². The van der Waals surface area contributed by atoms with Gasteiger partial charge in [0, 0.05) is 18.8 Å². The van der Waals surface area contributed by atoms with Gasteiger partial charge in [0.15, 0.2) is 0 Å². The standard InChI is InChI=1S/C23H29ClN2O4S/c1-4-16-8-6-9-17(5-2)22(16)25-23(27)18-10-7-13-26(15-18)31(28,29)19-11-12-21(30-3)20(24)14-19/h6,8-9,11-12,14,18H,4-5,7,10,13,15H2,1-3H3,(H,25,27). The molecule has 8 heteroatoms. The number of sulfonamides is 1. The highest BCUT2D eigenvalue weighted by molar-refractivity contribution is 7.89. The second-order valence-corrected chi connectivity index (χ2v) is 9.99. The highest BCUT2D eigenvalue weighted by Crippen LogP contribution is 2.31. The van der Waals surface area contributed by atoms with E-state index in [2.05, 4.69) is 19.2 Å². The van der Waals surface area contributed by atoms with E-state index >= 15 is 0 Å². The van der Waals surface area contributed by atoms with Crippen molar-refractivity contribution in [1.29, 1.82) is 0 Å². The van der Waals surface area contributed by atoms with Crippen LogP contribution in [0.3, 0.4) is 0 Å². The number of benzene rings is 2.